The molecule has 0 amide bonds. The summed E-state index contributed by atoms with van der Waals surface area (Å²) in [4.78, 5) is 4.31. The van der Waals surface area contributed by atoms with Gasteiger partial charge in [-0.05, 0) is 85.6 Å². The van der Waals surface area contributed by atoms with Gasteiger partial charge in [-0.2, -0.15) is 5.26 Å². The molecule has 2 fully saturated rings. The van der Waals surface area contributed by atoms with Crippen LogP contribution in [0.25, 0.3) is 5.52 Å². The molecule has 3 aromatic rings. The molecule has 2 aliphatic rings. The summed E-state index contributed by atoms with van der Waals surface area (Å²) in [5, 5.41) is 20.4. The Labute approximate surface area is 165 Å². The van der Waals surface area contributed by atoms with Crippen molar-refractivity contribution >= 4 is 5.52 Å². The zero-order valence-corrected chi connectivity index (χ0v) is 16.0. The van der Waals surface area contributed by atoms with Gasteiger partial charge >= 0.3 is 0 Å². The molecule has 4 heteroatoms. The lowest BCUT2D eigenvalue weighted by Crippen LogP contribution is -2.21. The largest absolute Gasteiger partial charge is 0.388 e. The lowest BCUT2D eigenvalue weighted by atomic mass is 9.75. The molecule has 1 unspecified atom stereocenters. The average molecular weight is 371 g/mol. The molecule has 2 aliphatic carbocycles. The normalized spacial score (nSPS) is 23.4. The van der Waals surface area contributed by atoms with E-state index in [1.165, 1.54) is 24.0 Å². The Morgan fingerprint density at radius 3 is 2.39 bits per heavy atom. The monoisotopic (exact) mass is 371 g/mol. The van der Waals surface area contributed by atoms with E-state index >= 15 is 0 Å². The quantitative estimate of drug-likeness (QED) is 0.695. The van der Waals surface area contributed by atoms with Gasteiger partial charge in [-0.15, -0.1) is 0 Å². The van der Waals surface area contributed by atoms with Gasteiger partial charge in [0, 0.05) is 11.8 Å². The number of rotatable bonds is 4. The van der Waals surface area contributed by atoms with Crippen LogP contribution in [0, 0.1) is 17.2 Å². The van der Waals surface area contributed by atoms with Gasteiger partial charge in [-0.25, -0.2) is 4.98 Å². The van der Waals surface area contributed by atoms with Crippen LogP contribution in [-0.2, 0) is 0 Å². The first kappa shape index (κ1) is 17.5. The third-order valence-electron chi connectivity index (χ3n) is 6.71. The number of nitrogens with zero attached hydrogens (tertiary/aromatic N) is 3. The number of hydrogen-bond acceptors (Lipinski definition) is 3. The molecular formula is C24H25N3O. The molecule has 2 aromatic heterocycles. The molecule has 0 radical (unpaired) electrons. The summed E-state index contributed by atoms with van der Waals surface area (Å²) in [7, 11) is 0. The summed E-state index contributed by atoms with van der Waals surface area (Å²) in [6.07, 6.45) is 12.1. The molecule has 0 spiro atoms. The molecule has 2 saturated carbocycles. The van der Waals surface area contributed by atoms with Crippen LogP contribution in [0.3, 0.4) is 0 Å². The van der Waals surface area contributed by atoms with Gasteiger partial charge in [0.05, 0.1) is 35.8 Å². The van der Waals surface area contributed by atoms with Gasteiger partial charge in [0.25, 0.3) is 0 Å². The van der Waals surface area contributed by atoms with E-state index in [4.69, 9.17) is 5.26 Å². The van der Waals surface area contributed by atoms with E-state index in [9.17, 15) is 5.11 Å². The van der Waals surface area contributed by atoms with Crippen LogP contribution in [0.5, 0.6) is 0 Å². The summed E-state index contributed by atoms with van der Waals surface area (Å²) < 4.78 is 2.03. The molecular weight excluding hydrogens is 346 g/mol. The van der Waals surface area contributed by atoms with Crippen LogP contribution >= 0.6 is 0 Å². The number of nitriles is 1. The van der Waals surface area contributed by atoms with E-state index in [0.29, 0.717) is 17.8 Å². The van der Waals surface area contributed by atoms with E-state index in [2.05, 4.69) is 35.4 Å². The van der Waals surface area contributed by atoms with Gasteiger partial charge in [-0.3, -0.25) is 0 Å². The smallest absolute Gasteiger partial charge is 0.0992 e. The van der Waals surface area contributed by atoms with Crippen LogP contribution in [-0.4, -0.2) is 14.5 Å². The van der Waals surface area contributed by atoms with Crippen molar-refractivity contribution in [3.63, 3.8) is 0 Å². The van der Waals surface area contributed by atoms with Crippen molar-refractivity contribution in [1.82, 2.24) is 9.38 Å². The van der Waals surface area contributed by atoms with Gasteiger partial charge < -0.3 is 9.51 Å². The van der Waals surface area contributed by atoms with Crippen molar-refractivity contribution < 1.29 is 5.11 Å². The van der Waals surface area contributed by atoms with Gasteiger partial charge in [0.1, 0.15) is 0 Å². The number of imidazole rings is 1. The molecule has 142 valence electrons. The van der Waals surface area contributed by atoms with Crippen molar-refractivity contribution in [2.24, 2.45) is 5.92 Å². The van der Waals surface area contributed by atoms with E-state index < -0.39 is 6.10 Å². The standard InChI is InChI=1S/C24H25N3O/c25-13-16-1-3-17(4-2-16)18-5-9-20(10-6-18)24(28)23-21(19-7-8-19)11-12-27-15-26-14-22(23)27/h1-4,11-12,14-15,18-20,24,28H,5-10H2. The highest BCUT2D eigenvalue weighted by atomic mass is 16.3. The minimum atomic E-state index is -0.419. The molecule has 5 rings (SSSR count). The van der Waals surface area contributed by atoms with E-state index in [0.717, 1.165) is 42.3 Å². The zero-order chi connectivity index (χ0) is 19.1. The van der Waals surface area contributed by atoms with E-state index in [-0.39, 0.29) is 0 Å². The first-order valence-corrected chi connectivity index (χ1v) is 10.4. The molecule has 1 aromatic carbocycles. The minimum absolute atomic E-state index is 0.299. The maximum Gasteiger partial charge on any atom is 0.0992 e. The lowest BCUT2D eigenvalue weighted by molar-refractivity contribution is 0.0810. The number of pyridine rings is 1. The molecule has 1 N–H and O–H groups in total. The molecule has 0 aliphatic heterocycles. The fourth-order valence-electron chi connectivity index (χ4n) is 4.94. The fraction of sp³-hybridized carbons (Fsp3) is 0.417. The second-order valence-electron chi connectivity index (χ2n) is 8.44. The van der Waals surface area contributed by atoms with Crippen molar-refractivity contribution in [3.05, 3.63) is 71.3 Å². The first-order valence-electron chi connectivity index (χ1n) is 10.4. The van der Waals surface area contributed by atoms with Gasteiger partial charge in [0.15, 0.2) is 0 Å². The lowest BCUT2D eigenvalue weighted by Gasteiger charge is -2.33. The maximum atomic E-state index is 11.4. The van der Waals surface area contributed by atoms with Crippen LogP contribution in [0.2, 0.25) is 0 Å². The van der Waals surface area contributed by atoms with Crippen molar-refractivity contribution in [2.75, 3.05) is 0 Å². The number of aromatic nitrogens is 2. The Hall–Kier alpha value is -2.64. The van der Waals surface area contributed by atoms with Crippen LogP contribution in [0.15, 0.2) is 49.1 Å². The topological polar surface area (TPSA) is 61.3 Å². The van der Waals surface area contributed by atoms with Crippen LogP contribution in [0.4, 0.5) is 0 Å². The summed E-state index contributed by atoms with van der Waals surface area (Å²) in [5.41, 5.74) is 5.54. The third-order valence-corrected chi connectivity index (χ3v) is 6.71. The number of benzene rings is 1. The Morgan fingerprint density at radius 1 is 1.00 bits per heavy atom. The second-order valence-corrected chi connectivity index (χ2v) is 8.44. The summed E-state index contributed by atoms with van der Waals surface area (Å²) in [5.74, 6) is 1.44. The zero-order valence-electron chi connectivity index (χ0n) is 16.0. The van der Waals surface area contributed by atoms with Crippen molar-refractivity contribution in [1.29, 1.82) is 5.26 Å². The second kappa shape index (κ2) is 7.07. The predicted octanol–water partition coefficient (Wildman–Crippen LogP) is 5.09. The Bertz CT molecular complexity index is 1020. The summed E-state index contributed by atoms with van der Waals surface area (Å²) in [6, 6.07) is 12.4. The highest BCUT2D eigenvalue weighted by molar-refractivity contribution is 5.59. The average Bonchev–Trinajstić information content (AvgIpc) is 3.49. The molecule has 2 heterocycles. The Kier molecular flexibility index (Phi) is 4.41. The highest BCUT2D eigenvalue weighted by Gasteiger charge is 2.34. The van der Waals surface area contributed by atoms with Crippen LogP contribution in [0.1, 0.15) is 78.7 Å². The Morgan fingerprint density at radius 2 is 1.71 bits per heavy atom. The SMILES string of the molecule is N#Cc1ccc(C2CCC(C(O)c3c(C4CC4)ccn4cncc34)CC2)cc1. The number of aliphatic hydroxyl groups is 1. The number of fused-ring (bicyclic) bond motifs is 1. The predicted molar refractivity (Wildman–Crippen MR) is 108 cm³/mol. The molecule has 28 heavy (non-hydrogen) atoms. The molecule has 4 nitrogen and oxygen atoms in total. The molecule has 1 atom stereocenters. The van der Waals surface area contributed by atoms with E-state index in [1.807, 2.05) is 29.1 Å². The Balaban J connectivity index is 1.35. The molecule has 0 bridgehead atoms. The van der Waals surface area contributed by atoms with Crippen molar-refractivity contribution in [2.45, 2.75) is 56.5 Å². The van der Waals surface area contributed by atoms with Crippen LogP contribution < -0.4 is 0 Å². The van der Waals surface area contributed by atoms with E-state index in [1.54, 1.807) is 0 Å². The number of aliphatic hydroxyl groups excluding tert-OH is 1. The van der Waals surface area contributed by atoms with Crippen molar-refractivity contribution in [3.8, 4) is 6.07 Å². The summed E-state index contributed by atoms with van der Waals surface area (Å²) >= 11 is 0. The maximum absolute atomic E-state index is 11.4. The van der Waals surface area contributed by atoms with Gasteiger partial charge in [0.2, 0.25) is 0 Å². The highest BCUT2D eigenvalue weighted by Crippen LogP contribution is 2.47. The number of hydrogen-bond donors (Lipinski definition) is 1. The first-order chi connectivity index (χ1) is 13.7. The fourth-order valence-corrected chi connectivity index (χ4v) is 4.94. The molecule has 0 saturated heterocycles. The third kappa shape index (κ3) is 3.10. The van der Waals surface area contributed by atoms with Gasteiger partial charge in [-0.1, -0.05) is 12.1 Å². The minimum Gasteiger partial charge on any atom is -0.388 e. The summed E-state index contributed by atoms with van der Waals surface area (Å²) in [6.45, 7) is 0.